The Labute approximate surface area is 112 Å². The Morgan fingerprint density at radius 2 is 2.06 bits per heavy atom. The molecule has 6 heteroatoms. The lowest BCUT2D eigenvalue weighted by Crippen LogP contribution is -2.16. The monoisotopic (exact) mass is 315 g/mol. The molecule has 0 saturated heterocycles. The van der Waals surface area contributed by atoms with Gasteiger partial charge >= 0.3 is 0 Å². The number of nitrogens with zero attached hydrogens (tertiary/aromatic N) is 2. The first-order valence-corrected chi connectivity index (χ1v) is 6.10. The van der Waals surface area contributed by atoms with E-state index in [9.17, 15) is 8.78 Å². The Morgan fingerprint density at radius 3 is 2.61 bits per heavy atom. The van der Waals surface area contributed by atoms with Crippen LogP contribution < -0.4 is 5.73 Å². The summed E-state index contributed by atoms with van der Waals surface area (Å²) in [5, 5.41) is 4.14. The van der Waals surface area contributed by atoms with E-state index in [4.69, 9.17) is 5.73 Å². The number of aromatic nitrogens is 2. The van der Waals surface area contributed by atoms with E-state index in [-0.39, 0.29) is 10.0 Å². The Balaban J connectivity index is 2.52. The predicted molar refractivity (Wildman–Crippen MR) is 68.0 cm³/mol. The van der Waals surface area contributed by atoms with Crippen LogP contribution in [0.25, 0.3) is 0 Å². The molecule has 0 fully saturated rings. The lowest BCUT2D eigenvalue weighted by molar-refractivity contribution is 0.535. The van der Waals surface area contributed by atoms with Crippen LogP contribution in [-0.2, 0) is 7.05 Å². The molecule has 1 heterocycles. The summed E-state index contributed by atoms with van der Waals surface area (Å²) in [5.74, 6) is -1.36. The SMILES string of the molecule is Cc1cc(C(N)c2c(F)ccc(Br)c2F)nn1C. The third-order valence-electron chi connectivity index (χ3n) is 2.84. The summed E-state index contributed by atoms with van der Waals surface area (Å²) >= 11 is 3.02. The molecule has 2 rings (SSSR count). The van der Waals surface area contributed by atoms with E-state index < -0.39 is 17.7 Å². The third-order valence-corrected chi connectivity index (χ3v) is 3.45. The molecule has 1 aromatic carbocycles. The Hall–Kier alpha value is -1.27. The van der Waals surface area contributed by atoms with E-state index in [1.807, 2.05) is 6.92 Å². The second kappa shape index (κ2) is 4.78. The molecule has 2 N–H and O–H groups in total. The molecule has 18 heavy (non-hydrogen) atoms. The Bertz CT molecular complexity index is 576. The van der Waals surface area contributed by atoms with Gasteiger partial charge in [0.1, 0.15) is 11.6 Å². The predicted octanol–water partition coefficient (Wildman–Crippen LogP) is 2.82. The fraction of sp³-hybridized carbons (Fsp3) is 0.250. The average Bonchev–Trinajstić information content (AvgIpc) is 2.65. The van der Waals surface area contributed by atoms with E-state index in [2.05, 4.69) is 21.0 Å². The van der Waals surface area contributed by atoms with Gasteiger partial charge in [0.15, 0.2) is 0 Å². The Kier molecular flexibility index (Phi) is 3.49. The van der Waals surface area contributed by atoms with E-state index in [1.165, 1.54) is 12.1 Å². The molecule has 96 valence electrons. The van der Waals surface area contributed by atoms with Crippen molar-refractivity contribution in [2.45, 2.75) is 13.0 Å². The van der Waals surface area contributed by atoms with E-state index >= 15 is 0 Å². The summed E-state index contributed by atoms with van der Waals surface area (Å²) in [7, 11) is 1.75. The zero-order valence-corrected chi connectivity index (χ0v) is 11.5. The molecule has 3 nitrogen and oxygen atoms in total. The molecule has 0 spiro atoms. The highest BCUT2D eigenvalue weighted by Crippen LogP contribution is 2.28. The van der Waals surface area contributed by atoms with Crippen LogP contribution in [0, 0.1) is 18.6 Å². The van der Waals surface area contributed by atoms with E-state index in [0.29, 0.717) is 5.69 Å². The Morgan fingerprint density at radius 1 is 1.39 bits per heavy atom. The van der Waals surface area contributed by atoms with Crippen molar-refractivity contribution < 1.29 is 8.78 Å². The molecule has 0 aliphatic carbocycles. The van der Waals surface area contributed by atoms with Crippen molar-refractivity contribution in [3.63, 3.8) is 0 Å². The second-order valence-electron chi connectivity index (χ2n) is 4.07. The van der Waals surface area contributed by atoms with Gasteiger partial charge in [-0.1, -0.05) is 0 Å². The maximum Gasteiger partial charge on any atom is 0.145 e. The minimum Gasteiger partial charge on any atom is -0.319 e. The van der Waals surface area contributed by atoms with Crippen molar-refractivity contribution in [1.29, 1.82) is 0 Å². The van der Waals surface area contributed by atoms with Crippen LogP contribution in [-0.4, -0.2) is 9.78 Å². The van der Waals surface area contributed by atoms with Gasteiger partial charge in [-0.2, -0.15) is 5.10 Å². The number of rotatable bonds is 2. The van der Waals surface area contributed by atoms with Crippen molar-refractivity contribution in [1.82, 2.24) is 9.78 Å². The number of hydrogen-bond acceptors (Lipinski definition) is 2. The highest BCUT2D eigenvalue weighted by Gasteiger charge is 2.22. The van der Waals surface area contributed by atoms with Crippen molar-refractivity contribution in [2.24, 2.45) is 12.8 Å². The number of benzene rings is 1. The number of halogens is 3. The van der Waals surface area contributed by atoms with Gasteiger partial charge in [0.2, 0.25) is 0 Å². The summed E-state index contributed by atoms with van der Waals surface area (Å²) in [6, 6.07) is 3.27. The second-order valence-corrected chi connectivity index (χ2v) is 4.92. The molecule has 2 aromatic rings. The van der Waals surface area contributed by atoms with Gasteiger partial charge in [0.25, 0.3) is 0 Å². The molecular formula is C12H12BrF2N3. The summed E-state index contributed by atoms with van der Waals surface area (Å²) in [4.78, 5) is 0. The summed E-state index contributed by atoms with van der Waals surface area (Å²) in [6.45, 7) is 1.84. The third kappa shape index (κ3) is 2.18. The van der Waals surface area contributed by atoms with Gasteiger partial charge in [-0.25, -0.2) is 8.78 Å². The molecule has 0 amide bonds. The zero-order chi connectivity index (χ0) is 13.4. The first kappa shape index (κ1) is 13.2. The molecule has 0 saturated carbocycles. The van der Waals surface area contributed by atoms with Crippen molar-refractivity contribution in [2.75, 3.05) is 0 Å². The average molecular weight is 316 g/mol. The summed E-state index contributed by atoms with van der Waals surface area (Å²) < 4.78 is 29.4. The molecule has 1 unspecified atom stereocenters. The minimum absolute atomic E-state index is 0.178. The maximum absolute atomic E-state index is 13.9. The van der Waals surface area contributed by atoms with Gasteiger partial charge in [-0.15, -0.1) is 0 Å². The number of hydrogen-bond donors (Lipinski definition) is 1. The van der Waals surface area contributed by atoms with Gasteiger partial charge in [-0.05, 0) is 41.1 Å². The lowest BCUT2D eigenvalue weighted by atomic mass is 10.0. The van der Waals surface area contributed by atoms with Crippen molar-refractivity contribution in [3.8, 4) is 0 Å². The number of aryl methyl sites for hydroxylation is 2. The summed E-state index contributed by atoms with van der Waals surface area (Å²) in [5.41, 5.74) is 7.02. The highest BCUT2D eigenvalue weighted by molar-refractivity contribution is 9.10. The normalized spacial score (nSPS) is 12.8. The molecule has 1 aromatic heterocycles. The van der Waals surface area contributed by atoms with Crippen LogP contribution in [0.2, 0.25) is 0 Å². The summed E-state index contributed by atoms with van der Waals surface area (Å²) in [6.07, 6.45) is 0. The van der Waals surface area contributed by atoms with Crippen LogP contribution >= 0.6 is 15.9 Å². The largest absolute Gasteiger partial charge is 0.319 e. The topological polar surface area (TPSA) is 43.8 Å². The molecule has 0 aliphatic rings. The maximum atomic E-state index is 13.9. The molecule has 0 bridgehead atoms. The van der Waals surface area contributed by atoms with Gasteiger partial charge in [0.05, 0.1) is 16.2 Å². The first-order valence-electron chi connectivity index (χ1n) is 5.31. The first-order chi connectivity index (χ1) is 8.41. The van der Waals surface area contributed by atoms with Crippen LogP contribution in [0.4, 0.5) is 8.78 Å². The minimum atomic E-state index is -0.928. The van der Waals surface area contributed by atoms with E-state index in [1.54, 1.807) is 17.8 Å². The van der Waals surface area contributed by atoms with Gasteiger partial charge in [0, 0.05) is 18.3 Å². The van der Waals surface area contributed by atoms with E-state index in [0.717, 1.165) is 5.69 Å². The van der Waals surface area contributed by atoms with Gasteiger partial charge in [-0.3, -0.25) is 4.68 Å². The molecule has 0 radical (unpaired) electrons. The van der Waals surface area contributed by atoms with Crippen LogP contribution in [0.5, 0.6) is 0 Å². The zero-order valence-electron chi connectivity index (χ0n) is 9.92. The lowest BCUT2D eigenvalue weighted by Gasteiger charge is -2.12. The molecular weight excluding hydrogens is 304 g/mol. The van der Waals surface area contributed by atoms with Crippen LogP contribution in [0.15, 0.2) is 22.7 Å². The fourth-order valence-corrected chi connectivity index (χ4v) is 2.06. The van der Waals surface area contributed by atoms with Crippen LogP contribution in [0.3, 0.4) is 0 Å². The number of nitrogens with two attached hydrogens (primary N) is 1. The highest BCUT2D eigenvalue weighted by atomic mass is 79.9. The van der Waals surface area contributed by atoms with Crippen molar-refractivity contribution in [3.05, 3.63) is 51.3 Å². The molecule has 1 atom stereocenters. The fourth-order valence-electron chi connectivity index (χ4n) is 1.72. The van der Waals surface area contributed by atoms with Crippen molar-refractivity contribution >= 4 is 15.9 Å². The van der Waals surface area contributed by atoms with Gasteiger partial charge < -0.3 is 5.73 Å². The smallest absolute Gasteiger partial charge is 0.145 e. The van der Waals surface area contributed by atoms with Crippen LogP contribution in [0.1, 0.15) is 23.0 Å². The quantitative estimate of drug-likeness (QED) is 0.866. The molecule has 0 aliphatic heterocycles. The standard InChI is InChI=1S/C12H12BrF2N3/c1-6-5-9(17-18(6)2)12(16)10-8(14)4-3-7(13)11(10)15/h3-5,12H,16H2,1-2H3.